The predicted octanol–water partition coefficient (Wildman–Crippen LogP) is 3.00. The van der Waals surface area contributed by atoms with E-state index in [1.54, 1.807) is 24.3 Å². The summed E-state index contributed by atoms with van der Waals surface area (Å²) in [5.41, 5.74) is 0.641. The van der Waals surface area contributed by atoms with Gasteiger partial charge in [0.25, 0.3) is 0 Å². The maximum Gasteiger partial charge on any atom is 0.119 e. The second-order valence-corrected chi connectivity index (χ2v) is 4.30. The molecule has 0 fully saturated rings. The third-order valence-corrected chi connectivity index (χ3v) is 2.66. The number of nitriles is 1. The van der Waals surface area contributed by atoms with Gasteiger partial charge in [-0.1, -0.05) is 13.8 Å². The second kappa shape index (κ2) is 6.93. The molecule has 92 valence electrons. The zero-order chi connectivity index (χ0) is 12.7. The van der Waals surface area contributed by atoms with Crippen molar-refractivity contribution in [2.24, 2.45) is 5.92 Å². The molecule has 1 aromatic rings. The SMILES string of the molecule is CC(C)C(C)OCCOc1ccc(C#N)cc1. The summed E-state index contributed by atoms with van der Waals surface area (Å²) >= 11 is 0. The van der Waals surface area contributed by atoms with E-state index >= 15 is 0 Å². The molecule has 1 atom stereocenters. The summed E-state index contributed by atoms with van der Waals surface area (Å²) in [6.07, 6.45) is 0.250. The lowest BCUT2D eigenvalue weighted by atomic mass is 10.1. The van der Waals surface area contributed by atoms with E-state index in [9.17, 15) is 0 Å². The molecule has 1 unspecified atom stereocenters. The molecule has 0 bridgehead atoms. The van der Waals surface area contributed by atoms with Gasteiger partial charge < -0.3 is 9.47 Å². The van der Waals surface area contributed by atoms with E-state index < -0.39 is 0 Å². The Morgan fingerprint density at radius 2 is 1.76 bits per heavy atom. The van der Waals surface area contributed by atoms with Crippen molar-refractivity contribution < 1.29 is 9.47 Å². The van der Waals surface area contributed by atoms with E-state index in [-0.39, 0.29) is 6.10 Å². The Kier molecular flexibility index (Phi) is 5.51. The van der Waals surface area contributed by atoms with Gasteiger partial charge in [0.1, 0.15) is 12.4 Å². The first kappa shape index (κ1) is 13.5. The van der Waals surface area contributed by atoms with Crippen LogP contribution in [0.2, 0.25) is 0 Å². The molecule has 3 heteroatoms. The summed E-state index contributed by atoms with van der Waals surface area (Å²) in [5.74, 6) is 1.29. The minimum absolute atomic E-state index is 0.250. The molecule has 0 saturated heterocycles. The van der Waals surface area contributed by atoms with Gasteiger partial charge in [0.2, 0.25) is 0 Å². The molecule has 0 aromatic heterocycles. The molecule has 3 nitrogen and oxygen atoms in total. The Morgan fingerprint density at radius 3 is 2.29 bits per heavy atom. The number of ether oxygens (including phenoxy) is 2. The highest BCUT2D eigenvalue weighted by Crippen LogP contribution is 2.11. The number of hydrogen-bond donors (Lipinski definition) is 0. The highest BCUT2D eigenvalue weighted by Gasteiger charge is 2.06. The van der Waals surface area contributed by atoms with Crippen molar-refractivity contribution >= 4 is 0 Å². The Labute approximate surface area is 103 Å². The normalized spacial score (nSPS) is 12.2. The summed E-state index contributed by atoms with van der Waals surface area (Å²) in [6, 6.07) is 9.15. The van der Waals surface area contributed by atoms with Crippen LogP contribution in [0, 0.1) is 17.2 Å². The van der Waals surface area contributed by atoms with E-state index in [1.807, 2.05) is 0 Å². The standard InChI is InChI=1S/C14H19NO2/c1-11(2)12(3)16-8-9-17-14-6-4-13(10-15)5-7-14/h4-7,11-12H,8-9H2,1-3H3. The highest BCUT2D eigenvalue weighted by atomic mass is 16.5. The lowest BCUT2D eigenvalue weighted by Gasteiger charge is -2.16. The van der Waals surface area contributed by atoms with Crippen LogP contribution in [0.4, 0.5) is 0 Å². The fourth-order valence-corrected chi connectivity index (χ4v) is 1.21. The molecule has 0 heterocycles. The first-order valence-electron chi connectivity index (χ1n) is 5.88. The van der Waals surface area contributed by atoms with Gasteiger partial charge in [0, 0.05) is 0 Å². The van der Waals surface area contributed by atoms with Crippen molar-refractivity contribution in [3.63, 3.8) is 0 Å². The van der Waals surface area contributed by atoms with Gasteiger partial charge in [-0.25, -0.2) is 0 Å². The number of nitrogens with zero attached hydrogens (tertiary/aromatic N) is 1. The number of hydrogen-bond acceptors (Lipinski definition) is 3. The van der Waals surface area contributed by atoms with Crippen LogP contribution in [0.1, 0.15) is 26.3 Å². The summed E-state index contributed by atoms with van der Waals surface area (Å²) in [6.45, 7) is 7.44. The average molecular weight is 233 g/mol. The monoisotopic (exact) mass is 233 g/mol. The lowest BCUT2D eigenvalue weighted by molar-refractivity contribution is 0.0188. The maximum atomic E-state index is 8.64. The largest absolute Gasteiger partial charge is 0.491 e. The molecule has 1 rings (SSSR count). The molecule has 0 N–H and O–H groups in total. The summed E-state index contributed by atoms with van der Waals surface area (Å²) in [5, 5.41) is 8.64. The summed E-state index contributed by atoms with van der Waals surface area (Å²) in [7, 11) is 0. The smallest absolute Gasteiger partial charge is 0.119 e. The molecular weight excluding hydrogens is 214 g/mol. The van der Waals surface area contributed by atoms with Crippen molar-refractivity contribution in [2.75, 3.05) is 13.2 Å². The van der Waals surface area contributed by atoms with E-state index in [4.69, 9.17) is 14.7 Å². The van der Waals surface area contributed by atoms with Gasteiger partial charge in [-0.2, -0.15) is 5.26 Å². The minimum atomic E-state index is 0.250. The van der Waals surface area contributed by atoms with Crippen molar-refractivity contribution in [2.45, 2.75) is 26.9 Å². The van der Waals surface area contributed by atoms with Gasteiger partial charge in [0.15, 0.2) is 0 Å². The molecular formula is C14H19NO2. The second-order valence-electron chi connectivity index (χ2n) is 4.30. The molecule has 0 aliphatic carbocycles. The predicted molar refractivity (Wildman–Crippen MR) is 66.9 cm³/mol. The number of rotatable bonds is 6. The zero-order valence-electron chi connectivity index (χ0n) is 10.6. The zero-order valence-corrected chi connectivity index (χ0v) is 10.6. The van der Waals surface area contributed by atoms with Crippen molar-refractivity contribution in [1.82, 2.24) is 0 Å². The van der Waals surface area contributed by atoms with Crippen LogP contribution in [-0.2, 0) is 4.74 Å². The van der Waals surface area contributed by atoms with E-state index in [0.717, 1.165) is 5.75 Å². The van der Waals surface area contributed by atoms with Crippen LogP contribution in [-0.4, -0.2) is 19.3 Å². The Hall–Kier alpha value is -1.53. The fraction of sp³-hybridized carbons (Fsp3) is 0.500. The molecule has 17 heavy (non-hydrogen) atoms. The first-order valence-corrected chi connectivity index (χ1v) is 5.88. The van der Waals surface area contributed by atoms with Crippen LogP contribution >= 0.6 is 0 Å². The minimum Gasteiger partial charge on any atom is -0.491 e. The van der Waals surface area contributed by atoms with Crippen LogP contribution in [0.25, 0.3) is 0 Å². The van der Waals surface area contributed by atoms with Gasteiger partial charge in [-0.05, 0) is 37.1 Å². The van der Waals surface area contributed by atoms with Crippen molar-refractivity contribution in [3.05, 3.63) is 29.8 Å². The van der Waals surface area contributed by atoms with E-state index in [1.165, 1.54) is 0 Å². The Bertz CT molecular complexity index is 365. The molecule has 0 saturated carbocycles. The van der Waals surface area contributed by atoms with Gasteiger partial charge in [0.05, 0.1) is 24.3 Å². The topological polar surface area (TPSA) is 42.2 Å². The first-order chi connectivity index (χ1) is 8.13. The van der Waals surface area contributed by atoms with Crippen LogP contribution in [0.15, 0.2) is 24.3 Å². The highest BCUT2D eigenvalue weighted by molar-refractivity contribution is 5.34. The van der Waals surface area contributed by atoms with Crippen LogP contribution in [0.3, 0.4) is 0 Å². The molecule has 1 aromatic carbocycles. The van der Waals surface area contributed by atoms with E-state index in [2.05, 4.69) is 26.8 Å². The van der Waals surface area contributed by atoms with Crippen molar-refractivity contribution in [3.8, 4) is 11.8 Å². The van der Waals surface area contributed by atoms with Gasteiger partial charge >= 0.3 is 0 Å². The fourth-order valence-electron chi connectivity index (χ4n) is 1.21. The molecule has 0 aliphatic rings. The maximum absolute atomic E-state index is 8.64. The third-order valence-electron chi connectivity index (χ3n) is 2.66. The number of benzene rings is 1. The average Bonchev–Trinajstić information content (AvgIpc) is 2.35. The molecule has 0 amide bonds. The Morgan fingerprint density at radius 1 is 1.12 bits per heavy atom. The molecule has 0 spiro atoms. The van der Waals surface area contributed by atoms with E-state index in [0.29, 0.717) is 24.7 Å². The summed E-state index contributed by atoms with van der Waals surface area (Å²) < 4.78 is 11.1. The third kappa shape index (κ3) is 4.88. The van der Waals surface area contributed by atoms with Crippen LogP contribution in [0.5, 0.6) is 5.75 Å². The summed E-state index contributed by atoms with van der Waals surface area (Å²) in [4.78, 5) is 0. The van der Waals surface area contributed by atoms with Crippen LogP contribution < -0.4 is 4.74 Å². The quantitative estimate of drug-likeness (QED) is 0.709. The van der Waals surface area contributed by atoms with Gasteiger partial charge in [-0.15, -0.1) is 0 Å². The molecule has 0 radical (unpaired) electrons. The Balaban J connectivity index is 2.24. The molecule has 0 aliphatic heterocycles. The lowest BCUT2D eigenvalue weighted by Crippen LogP contribution is -2.19. The van der Waals surface area contributed by atoms with Crippen molar-refractivity contribution in [1.29, 1.82) is 5.26 Å². The van der Waals surface area contributed by atoms with Gasteiger partial charge in [-0.3, -0.25) is 0 Å².